The number of rotatable bonds is 2. The molecular formula is C12H21N3O4. The zero-order valence-corrected chi connectivity index (χ0v) is 11.2. The van der Waals surface area contributed by atoms with Crippen LogP contribution in [-0.4, -0.2) is 65.9 Å². The van der Waals surface area contributed by atoms with Crippen LogP contribution in [0.5, 0.6) is 0 Å². The number of hydrogen-bond donors (Lipinski definition) is 2. The molecule has 2 aliphatic rings. The van der Waals surface area contributed by atoms with Crippen LogP contribution in [0.15, 0.2) is 0 Å². The van der Waals surface area contributed by atoms with Crippen molar-refractivity contribution in [3.05, 3.63) is 0 Å². The third-order valence-electron chi connectivity index (χ3n) is 3.71. The SMILES string of the molecule is CC1CCCN(C(=O)NN2CCOCC2)C1C(=O)O. The number of nitrogens with zero attached hydrogens (tertiary/aromatic N) is 2. The molecule has 2 fully saturated rings. The first-order chi connectivity index (χ1) is 9.09. The molecular weight excluding hydrogens is 250 g/mol. The molecule has 2 rings (SSSR count). The van der Waals surface area contributed by atoms with Crippen LogP contribution in [0, 0.1) is 5.92 Å². The maximum absolute atomic E-state index is 12.2. The molecule has 19 heavy (non-hydrogen) atoms. The van der Waals surface area contributed by atoms with Gasteiger partial charge in [0.15, 0.2) is 0 Å². The number of carboxylic acid groups (broad SMARTS) is 1. The van der Waals surface area contributed by atoms with Crippen molar-refractivity contribution in [3.63, 3.8) is 0 Å². The third-order valence-corrected chi connectivity index (χ3v) is 3.71. The first-order valence-corrected chi connectivity index (χ1v) is 6.72. The molecule has 0 radical (unpaired) electrons. The lowest BCUT2D eigenvalue weighted by molar-refractivity contribution is -0.145. The number of carbonyl (C=O) groups is 2. The maximum atomic E-state index is 12.2. The van der Waals surface area contributed by atoms with E-state index in [0.29, 0.717) is 32.8 Å². The minimum Gasteiger partial charge on any atom is -0.480 e. The Morgan fingerprint density at radius 2 is 1.95 bits per heavy atom. The Bertz CT molecular complexity index is 344. The van der Waals surface area contributed by atoms with Gasteiger partial charge >= 0.3 is 12.0 Å². The second-order valence-corrected chi connectivity index (χ2v) is 5.11. The van der Waals surface area contributed by atoms with Gasteiger partial charge in [-0.2, -0.15) is 0 Å². The normalized spacial score (nSPS) is 29.0. The van der Waals surface area contributed by atoms with Gasteiger partial charge in [0.05, 0.1) is 13.2 Å². The van der Waals surface area contributed by atoms with Gasteiger partial charge in [-0.25, -0.2) is 14.6 Å². The van der Waals surface area contributed by atoms with E-state index in [0.717, 1.165) is 12.8 Å². The lowest BCUT2D eigenvalue weighted by Gasteiger charge is -2.38. The van der Waals surface area contributed by atoms with E-state index in [4.69, 9.17) is 4.74 Å². The smallest absolute Gasteiger partial charge is 0.332 e. The van der Waals surface area contributed by atoms with Crippen molar-refractivity contribution >= 4 is 12.0 Å². The molecule has 7 nitrogen and oxygen atoms in total. The van der Waals surface area contributed by atoms with Crippen LogP contribution in [0.25, 0.3) is 0 Å². The summed E-state index contributed by atoms with van der Waals surface area (Å²) in [5, 5.41) is 11.1. The number of likely N-dealkylation sites (tertiary alicyclic amines) is 1. The Hall–Kier alpha value is -1.34. The number of urea groups is 1. The van der Waals surface area contributed by atoms with E-state index < -0.39 is 12.0 Å². The molecule has 2 atom stereocenters. The Morgan fingerprint density at radius 1 is 1.26 bits per heavy atom. The largest absolute Gasteiger partial charge is 0.480 e. The van der Waals surface area contributed by atoms with E-state index >= 15 is 0 Å². The van der Waals surface area contributed by atoms with E-state index in [1.807, 2.05) is 6.92 Å². The topological polar surface area (TPSA) is 82.1 Å². The monoisotopic (exact) mass is 271 g/mol. The fourth-order valence-electron chi connectivity index (χ4n) is 2.67. The van der Waals surface area contributed by atoms with Gasteiger partial charge in [0.2, 0.25) is 0 Å². The van der Waals surface area contributed by atoms with Crippen molar-refractivity contribution < 1.29 is 19.4 Å². The summed E-state index contributed by atoms with van der Waals surface area (Å²) in [6.07, 6.45) is 1.69. The molecule has 0 aromatic carbocycles. The van der Waals surface area contributed by atoms with Crippen molar-refractivity contribution in [2.75, 3.05) is 32.8 Å². The minimum atomic E-state index is -0.927. The summed E-state index contributed by atoms with van der Waals surface area (Å²) >= 11 is 0. The molecule has 2 amide bonds. The van der Waals surface area contributed by atoms with Gasteiger partial charge < -0.3 is 14.7 Å². The van der Waals surface area contributed by atoms with Gasteiger partial charge in [-0.15, -0.1) is 0 Å². The van der Waals surface area contributed by atoms with Crippen LogP contribution in [-0.2, 0) is 9.53 Å². The Kier molecular flexibility index (Phi) is 4.60. The number of piperidine rings is 1. The number of morpholine rings is 1. The van der Waals surface area contributed by atoms with Crippen molar-refractivity contribution in [3.8, 4) is 0 Å². The first-order valence-electron chi connectivity index (χ1n) is 6.72. The summed E-state index contributed by atoms with van der Waals surface area (Å²) in [5.74, 6) is -0.939. The lowest BCUT2D eigenvalue weighted by Crippen LogP contribution is -2.59. The highest BCUT2D eigenvalue weighted by Crippen LogP contribution is 2.23. The Labute approximate surface area is 112 Å². The zero-order chi connectivity index (χ0) is 13.8. The van der Waals surface area contributed by atoms with Crippen molar-refractivity contribution in [1.82, 2.24) is 15.3 Å². The van der Waals surface area contributed by atoms with Gasteiger partial charge in [0.25, 0.3) is 0 Å². The Balaban J connectivity index is 1.97. The average Bonchev–Trinajstić information content (AvgIpc) is 2.39. The van der Waals surface area contributed by atoms with Crippen molar-refractivity contribution in [1.29, 1.82) is 0 Å². The second-order valence-electron chi connectivity index (χ2n) is 5.11. The molecule has 7 heteroatoms. The highest BCUT2D eigenvalue weighted by Gasteiger charge is 2.37. The van der Waals surface area contributed by atoms with Crippen molar-refractivity contribution in [2.24, 2.45) is 5.92 Å². The van der Waals surface area contributed by atoms with Gasteiger partial charge in [-0.05, 0) is 18.8 Å². The van der Waals surface area contributed by atoms with E-state index in [-0.39, 0.29) is 11.9 Å². The molecule has 2 N–H and O–H groups in total. The second kappa shape index (κ2) is 6.21. The van der Waals surface area contributed by atoms with E-state index in [1.54, 1.807) is 5.01 Å². The average molecular weight is 271 g/mol. The molecule has 108 valence electrons. The quantitative estimate of drug-likeness (QED) is 0.746. The van der Waals surface area contributed by atoms with E-state index in [9.17, 15) is 14.7 Å². The highest BCUT2D eigenvalue weighted by molar-refractivity contribution is 5.82. The number of hydrazine groups is 1. The molecule has 0 spiro atoms. The third kappa shape index (κ3) is 3.36. The summed E-state index contributed by atoms with van der Waals surface area (Å²) in [7, 11) is 0. The van der Waals surface area contributed by atoms with Crippen LogP contribution in [0.2, 0.25) is 0 Å². The highest BCUT2D eigenvalue weighted by atomic mass is 16.5. The van der Waals surface area contributed by atoms with Gasteiger partial charge in [0, 0.05) is 19.6 Å². The predicted octanol–water partition coefficient (Wildman–Crippen LogP) is 0.128. The van der Waals surface area contributed by atoms with Crippen LogP contribution in [0.3, 0.4) is 0 Å². The molecule has 0 aliphatic carbocycles. The molecule has 0 aromatic heterocycles. The molecule has 2 unspecified atom stereocenters. The Morgan fingerprint density at radius 3 is 2.58 bits per heavy atom. The number of hydrogen-bond acceptors (Lipinski definition) is 4. The van der Waals surface area contributed by atoms with E-state index in [2.05, 4.69) is 5.43 Å². The molecule has 2 heterocycles. The van der Waals surface area contributed by atoms with Gasteiger partial charge in [-0.3, -0.25) is 5.43 Å². The number of ether oxygens (including phenoxy) is 1. The van der Waals surface area contributed by atoms with Crippen molar-refractivity contribution in [2.45, 2.75) is 25.8 Å². The first kappa shape index (κ1) is 14.1. The standard InChI is InChI=1S/C12H21N3O4/c1-9-3-2-4-15(10(9)11(16)17)12(18)13-14-5-7-19-8-6-14/h9-10H,2-8H2,1H3,(H,13,18)(H,16,17). The molecule has 2 saturated heterocycles. The molecule has 0 bridgehead atoms. The number of nitrogens with one attached hydrogen (secondary N) is 1. The predicted molar refractivity (Wildman–Crippen MR) is 67.5 cm³/mol. The maximum Gasteiger partial charge on any atom is 0.332 e. The van der Waals surface area contributed by atoms with Gasteiger partial charge in [-0.1, -0.05) is 6.92 Å². The fraction of sp³-hybridized carbons (Fsp3) is 0.833. The summed E-state index contributed by atoms with van der Waals surface area (Å²) in [5.41, 5.74) is 2.77. The molecule has 0 saturated carbocycles. The molecule has 0 aromatic rings. The summed E-state index contributed by atoms with van der Waals surface area (Å²) in [6, 6.07) is -1.05. The minimum absolute atomic E-state index is 0.0123. The van der Waals surface area contributed by atoms with Crippen LogP contribution >= 0.6 is 0 Å². The van der Waals surface area contributed by atoms with Crippen LogP contribution in [0.1, 0.15) is 19.8 Å². The number of aliphatic carboxylic acids is 1. The number of carbonyl (C=O) groups excluding carboxylic acids is 1. The van der Waals surface area contributed by atoms with Crippen LogP contribution in [0.4, 0.5) is 4.79 Å². The number of carboxylic acids is 1. The summed E-state index contributed by atoms with van der Waals surface area (Å²) in [4.78, 5) is 24.9. The van der Waals surface area contributed by atoms with Crippen LogP contribution < -0.4 is 5.43 Å². The zero-order valence-electron chi connectivity index (χ0n) is 11.2. The van der Waals surface area contributed by atoms with E-state index in [1.165, 1.54) is 4.90 Å². The molecule has 2 aliphatic heterocycles. The number of amides is 2. The lowest BCUT2D eigenvalue weighted by atomic mass is 9.91. The summed E-state index contributed by atoms with van der Waals surface area (Å²) in [6.45, 7) is 4.81. The summed E-state index contributed by atoms with van der Waals surface area (Å²) < 4.78 is 5.20. The fourth-order valence-corrected chi connectivity index (χ4v) is 2.67. The van der Waals surface area contributed by atoms with Gasteiger partial charge in [0.1, 0.15) is 6.04 Å².